The van der Waals surface area contributed by atoms with Crippen LogP contribution in [0.4, 0.5) is 4.39 Å². The van der Waals surface area contributed by atoms with Crippen molar-refractivity contribution in [3.05, 3.63) is 156 Å². The molecule has 5 aromatic rings. The maximum atomic E-state index is 15.3. The second kappa shape index (κ2) is 11.9. The minimum absolute atomic E-state index is 0.0395. The molecule has 0 unspecified atom stereocenters. The summed E-state index contributed by atoms with van der Waals surface area (Å²) in [5, 5.41) is 0. The molecule has 0 saturated heterocycles. The predicted octanol–water partition coefficient (Wildman–Crippen LogP) is 8.69. The van der Waals surface area contributed by atoms with Gasteiger partial charge < -0.3 is 4.57 Å². The van der Waals surface area contributed by atoms with Gasteiger partial charge in [-0.1, -0.05) is 122 Å². The van der Waals surface area contributed by atoms with Crippen LogP contribution in [-0.2, 0) is 10.3 Å². The van der Waals surface area contributed by atoms with E-state index in [4.69, 9.17) is 4.98 Å². The molecule has 1 heterocycles. The Labute approximate surface area is 241 Å². The molecule has 0 atom stereocenters. The molecule has 4 heteroatoms. The first-order chi connectivity index (χ1) is 20.2. The Hall–Kier alpha value is -4.57. The van der Waals surface area contributed by atoms with Crippen LogP contribution in [0, 0.1) is 11.7 Å². The first-order valence-electron chi connectivity index (χ1n) is 14.4. The fourth-order valence-corrected chi connectivity index (χ4v) is 6.25. The van der Waals surface area contributed by atoms with Crippen LogP contribution in [0.5, 0.6) is 0 Å². The Kier molecular flexibility index (Phi) is 7.73. The molecule has 0 radical (unpaired) electrons. The molecule has 0 amide bonds. The summed E-state index contributed by atoms with van der Waals surface area (Å²) in [6.45, 7) is 0. The average molecular weight is 541 g/mol. The van der Waals surface area contributed by atoms with Crippen molar-refractivity contribution in [2.45, 2.75) is 37.6 Å². The Bertz CT molecular complexity index is 1540. The number of aromatic nitrogens is 2. The van der Waals surface area contributed by atoms with Crippen molar-refractivity contribution in [1.29, 1.82) is 0 Å². The Morgan fingerprint density at radius 1 is 0.756 bits per heavy atom. The molecule has 6 rings (SSSR count). The van der Waals surface area contributed by atoms with Crippen molar-refractivity contribution < 1.29 is 9.18 Å². The SMILES string of the molecule is O=C(C=Cc1c(F)cccc1-c1cn(C(c2ccccc2)(c2ccccc2)c2ccccc2)cn1)C1CCCCC1. The average Bonchev–Trinajstić information content (AvgIpc) is 3.53. The number of ketones is 1. The molecule has 0 N–H and O–H groups in total. The quantitative estimate of drug-likeness (QED) is 0.146. The van der Waals surface area contributed by atoms with Gasteiger partial charge in [-0.2, -0.15) is 0 Å². The monoisotopic (exact) mass is 540 g/mol. The second-order valence-electron chi connectivity index (χ2n) is 10.7. The van der Waals surface area contributed by atoms with E-state index < -0.39 is 5.54 Å². The lowest BCUT2D eigenvalue weighted by atomic mass is 9.77. The van der Waals surface area contributed by atoms with Crippen LogP contribution in [0.3, 0.4) is 0 Å². The van der Waals surface area contributed by atoms with Crippen LogP contribution in [-0.4, -0.2) is 15.3 Å². The Balaban J connectivity index is 1.48. The van der Waals surface area contributed by atoms with E-state index in [0.717, 1.165) is 42.4 Å². The summed E-state index contributed by atoms with van der Waals surface area (Å²) in [5.74, 6) is -0.247. The van der Waals surface area contributed by atoms with Gasteiger partial charge in [-0.15, -0.1) is 0 Å². The topological polar surface area (TPSA) is 34.9 Å². The van der Waals surface area contributed by atoms with Crippen LogP contribution in [0.1, 0.15) is 54.4 Å². The third kappa shape index (κ3) is 5.18. The molecule has 1 aromatic heterocycles. The minimum atomic E-state index is -0.713. The van der Waals surface area contributed by atoms with E-state index in [2.05, 4.69) is 41.0 Å². The molecular formula is C37H33FN2O. The van der Waals surface area contributed by atoms with Crippen molar-refractivity contribution in [3.8, 4) is 11.3 Å². The van der Waals surface area contributed by atoms with Crippen LogP contribution in [0.15, 0.2) is 128 Å². The molecule has 1 aliphatic carbocycles. The fourth-order valence-electron chi connectivity index (χ4n) is 6.25. The van der Waals surface area contributed by atoms with Crippen molar-refractivity contribution in [1.82, 2.24) is 9.55 Å². The highest BCUT2D eigenvalue weighted by atomic mass is 19.1. The zero-order valence-corrected chi connectivity index (χ0v) is 23.0. The minimum Gasteiger partial charge on any atom is -0.318 e. The number of benzene rings is 4. The van der Waals surface area contributed by atoms with E-state index >= 15 is 4.39 Å². The van der Waals surface area contributed by atoms with Gasteiger partial charge in [0.25, 0.3) is 0 Å². The van der Waals surface area contributed by atoms with Gasteiger partial charge in [0.05, 0.1) is 12.0 Å². The smallest absolute Gasteiger partial charge is 0.158 e. The Morgan fingerprint density at radius 3 is 1.88 bits per heavy atom. The van der Waals surface area contributed by atoms with E-state index in [1.807, 2.05) is 73.2 Å². The standard InChI is InChI=1S/C37H33FN2O/c38-34-23-13-22-33(32(34)24-25-36(41)28-14-5-1-6-15-28)35-26-40(27-39-35)37(29-16-7-2-8-17-29,30-18-9-3-10-19-30)31-20-11-4-12-21-31/h2-4,7-13,16-28H,1,5-6,14-15H2. The molecule has 3 nitrogen and oxygen atoms in total. The number of nitrogens with zero attached hydrogens (tertiary/aromatic N) is 2. The number of hydrogen-bond donors (Lipinski definition) is 0. The van der Waals surface area contributed by atoms with Crippen LogP contribution in [0.2, 0.25) is 0 Å². The van der Waals surface area contributed by atoms with Gasteiger partial charge in [-0.3, -0.25) is 4.79 Å². The fraction of sp³-hybridized carbons (Fsp3) is 0.189. The molecule has 204 valence electrons. The summed E-state index contributed by atoms with van der Waals surface area (Å²) in [7, 11) is 0. The summed E-state index contributed by atoms with van der Waals surface area (Å²) >= 11 is 0. The molecule has 41 heavy (non-hydrogen) atoms. The number of carbonyl (C=O) groups is 1. The molecule has 0 bridgehead atoms. The molecule has 0 aliphatic heterocycles. The molecule has 0 spiro atoms. The van der Waals surface area contributed by atoms with Crippen molar-refractivity contribution in [2.75, 3.05) is 0 Å². The van der Waals surface area contributed by atoms with Gasteiger partial charge in [0.1, 0.15) is 11.4 Å². The Morgan fingerprint density at radius 2 is 1.32 bits per heavy atom. The largest absolute Gasteiger partial charge is 0.318 e. The highest BCUT2D eigenvalue weighted by Crippen LogP contribution is 2.41. The van der Waals surface area contributed by atoms with E-state index in [1.54, 1.807) is 18.2 Å². The molecule has 1 saturated carbocycles. The molecular weight excluding hydrogens is 507 g/mol. The van der Waals surface area contributed by atoms with Crippen LogP contribution in [0.25, 0.3) is 17.3 Å². The maximum Gasteiger partial charge on any atom is 0.158 e. The number of hydrogen-bond acceptors (Lipinski definition) is 2. The second-order valence-corrected chi connectivity index (χ2v) is 10.7. The lowest BCUT2D eigenvalue weighted by Crippen LogP contribution is -2.36. The van der Waals surface area contributed by atoms with Gasteiger partial charge in [-0.25, -0.2) is 9.37 Å². The van der Waals surface area contributed by atoms with Gasteiger partial charge >= 0.3 is 0 Å². The van der Waals surface area contributed by atoms with Crippen LogP contribution < -0.4 is 0 Å². The summed E-state index contributed by atoms with van der Waals surface area (Å²) in [4.78, 5) is 17.7. The summed E-state index contributed by atoms with van der Waals surface area (Å²) in [6, 6.07) is 36.1. The van der Waals surface area contributed by atoms with Gasteiger partial charge in [-0.05, 0) is 47.8 Å². The zero-order valence-electron chi connectivity index (χ0n) is 23.0. The summed E-state index contributed by atoms with van der Waals surface area (Å²) < 4.78 is 17.4. The number of allylic oxidation sites excluding steroid dienone is 1. The first kappa shape index (κ1) is 26.6. The van der Waals surface area contributed by atoms with E-state index in [1.165, 1.54) is 12.5 Å². The number of rotatable bonds is 8. The lowest BCUT2D eigenvalue weighted by Gasteiger charge is -2.37. The zero-order chi connectivity index (χ0) is 28.1. The normalized spacial score (nSPS) is 14.4. The third-order valence-corrected chi connectivity index (χ3v) is 8.30. The lowest BCUT2D eigenvalue weighted by molar-refractivity contribution is -0.119. The van der Waals surface area contributed by atoms with Crippen molar-refractivity contribution >= 4 is 11.9 Å². The van der Waals surface area contributed by atoms with E-state index in [9.17, 15) is 4.79 Å². The van der Waals surface area contributed by atoms with Crippen molar-refractivity contribution in [2.24, 2.45) is 5.92 Å². The highest BCUT2D eigenvalue weighted by Gasteiger charge is 2.38. The predicted molar refractivity (Wildman–Crippen MR) is 163 cm³/mol. The van der Waals surface area contributed by atoms with Gasteiger partial charge in [0, 0.05) is 23.2 Å². The highest BCUT2D eigenvalue weighted by molar-refractivity contribution is 5.96. The van der Waals surface area contributed by atoms with E-state index in [-0.39, 0.29) is 17.5 Å². The maximum absolute atomic E-state index is 15.3. The summed E-state index contributed by atoms with van der Waals surface area (Å²) in [5.41, 5.74) is 4.21. The molecule has 1 fully saturated rings. The number of imidazole rings is 1. The first-order valence-corrected chi connectivity index (χ1v) is 14.4. The molecule has 1 aliphatic rings. The molecule has 4 aromatic carbocycles. The van der Waals surface area contributed by atoms with Crippen LogP contribution >= 0.6 is 0 Å². The summed E-state index contributed by atoms with van der Waals surface area (Å²) in [6.07, 6.45) is 12.2. The number of carbonyl (C=O) groups excluding carboxylic acids is 1. The van der Waals surface area contributed by atoms with Gasteiger partial charge in [0.15, 0.2) is 5.78 Å². The van der Waals surface area contributed by atoms with E-state index in [0.29, 0.717) is 16.8 Å². The van der Waals surface area contributed by atoms with Crippen molar-refractivity contribution in [3.63, 3.8) is 0 Å². The van der Waals surface area contributed by atoms with Gasteiger partial charge in [0.2, 0.25) is 0 Å². The third-order valence-electron chi connectivity index (χ3n) is 8.30. The number of halogens is 1.